The third-order valence-corrected chi connectivity index (χ3v) is 5.03. The van der Waals surface area contributed by atoms with Gasteiger partial charge in [0, 0.05) is 30.7 Å². The predicted octanol–water partition coefficient (Wildman–Crippen LogP) is 2.23. The summed E-state index contributed by atoms with van der Waals surface area (Å²) in [5, 5.41) is 0. The van der Waals surface area contributed by atoms with Gasteiger partial charge in [-0.1, -0.05) is 0 Å². The lowest BCUT2D eigenvalue weighted by atomic mass is 10.2. The molecule has 0 unspecified atom stereocenters. The number of ether oxygens (including phenoxy) is 4. The van der Waals surface area contributed by atoms with Crippen molar-refractivity contribution in [3.8, 4) is 5.75 Å². The third-order valence-electron chi connectivity index (χ3n) is 5.03. The summed E-state index contributed by atoms with van der Waals surface area (Å²) in [4.78, 5) is 18.0. The summed E-state index contributed by atoms with van der Waals surface area (Å²) in [6.07, 6.45) is 1.68. The van der Waals surface area contributed by atoms with Gasteiger partial charge in [-0.2, -0.15) is 0 Å². The van der Waals surface area contributed by atoms with Gasteiger partial charge in [0.2, 0.25) is 0 Å². The van der Waals surface area contributed by atoms with Gasteiger partial charge in [-0.05, 0) is 43.3 Å². The second kappa shape index (κ2) is 8.16. The van der Waals surface area contributed by atoms with E-state index in [0.717, 1.165) is 24.5 Å². The average Bonchev–Trinajstić information content (AvgIpc) is 3.04. The summed E-state index contributed by atoms with van der Waals surface area (Å²) in [7, 11) is 1.36. The van der Waals surface area contributed by atoms with Gasteiger partial charge < -0.3 is 23.8 Å². The molecule has 7 nitrogen and oxygen atoms in total. The van der Waals surface area contributed by atoms with Crippen LogP contribution in [0.4, 0.5) is 5.69 Å². The van der Waals surface area contributed by atoms with Crippen LogP contribution in [0.2, 0.25) is 0 Å². The molecule has 2 aliphatic rings. The molecule has 0 amide bonds. The molecule has 0 aliphatic carbocycles. The first kappa shape index (κ1) is 18.7. The van der Waals surface area contributed by atoms with Gasteiger partial charge >= 0.3 is 5.97 Å². The van der Waals surface area contributed by atoms with Crippen molar-refractivity contribution < 1.29 is 23.7 Å². The van der Waals surface area contributed by atoms with Crippen LogP contribution < -0.4 is 9.64 Å². The Hall–Kier alpha value is -2.64. The van der Waals surface area contributed by atoms with E-state index in [1.165, 1.54) is 7.11 Å². The number of esters is 1. The number of rotatable bonds is 4. The van der Waals surface area contributed by atoms with E-state index in [0.29, 0.717) is 24.5 Å². The normalized spacial score (nSPS) is 22.4. The number of benzene rings is 1. The maximum absolute atomic E-state index is 11.5. The average molecular weight is 384 g/mol. The minimum Gasteiger partial charge on any atom is -0.486 e. The lowest BCUT2D eigenvalue weighted by molar-refractivity contribution is -0.00461. The van der Waals surface area contributed by atoms with Crippen molar-refractivity contribution in [2.24, 2.45) is 0 Å². The van der Waals surface area contributed by atoms with Crippen molar-refractivity contribution in [1.29, 1.82) is 0 Å². The van der Waals surface area contributed by atoms with E-state index in [1.807, 2.05) is 19.2 Å². The molecule has 0 saturated carbocycles. The third kappa shape index (κ3) is 4.10. The molecule has 2 atom stereocenters. The van der Waals surface area contributed by atoms with Crippen molar-refractivity contribution in [3.05, 3.63) is 53.9 Å². The van der Waals surface area contributed by atoms with Gasteiger partial charge in [-0.3, -0.25) is 4.98 Å². The number of carbonyl (C=O) groups is 1. The van der Waals surface area contributed by atoms with Gasteiger partial charge in [-0.25, -0.2) is 4.79 Å². The molecule has 148 valence electrons. The maximum atomic E-state index is 11.5. The lowest BCUT2D eigenvalue weighted by Gasteiger charge is -2.21. The number of aromatic nitrogens is 1. The number of hydrogen-bond donors (Lipinski definition) is 0. The minimum atomic E-state index is -0.366. The second-order valence-corrected chi connectivity index (χ2v) is 7.06. The van der Waals surface area contributed by atoms with Gasteiger partial charge in [0.05, 0.1) is 25.9 Å². The van der Waals surface area contributed by atoms with Gasteiger partial charge in [0.1, 0.15) is 24.1 Å². The summed E-state index contributed by atoms with van der Waals surface area (Å²) in [5.74, 6) is 0.306. The number of hydrogen-bond acceptors (Lipinski definition) is 7. The molecule has 2 fully saturated rings. The number of anilines is 1. The van der Waals surface area contributed by atoms with Gasteiger partial charge in [0.25, 0.3) is 0 Å². The van der Waals surface area contributed by atoms with Crippen LogP contribution in [0.5, 0.6) is 5.75 Å². The maximum Gasteiger partial charge on any atom is 0.337 e. The summed E-state index contributed by atoms with van der Waals surface area (Å²) >= 11 is 0. The number of methoxy groups -OCH3 is 1. The first-order chi connectivity index (χ1) is 13.6. The molecule has 0 radical (unpaired) electrons. The van der Waals surface area contributed by atoms with E-state index in [2.05, 4.69) is 16.0 Å². The molecule has 2 saturated heterocycles. The highest BCUT2D eigenvalue weighted by Crippen LogP contribution is 2.26. The number of pyridine rings is 1. The van der Waals surface area contributed by atoms with E-state index in [1.54, 1.807) is 24.3 Å². The molecule has 3 heterocycles. The molecule has 1 aromatic carbocycles. The molecule has 0 bridgehead atoms. The van der Waals surface area contributed by atoms with Crippen LogP contribution in [0.1, 0.15) is 16.1 Å². The summed E-state index contributed by atoms with van der Waals surface area (Å²) < 4.78 is 22.9. The number of aryl methyl sites for hydroxylation is 1. The molecule has 28 heavy (non-hydrogen) atoms. The number of carbonyl (C=O) groups excluding carboxylic acids is 1. The highest BCUT2D eigenvalue weighted by Gasteiger charge is 2.38. The van der Waals surface area contributed by atoms with Crippen LogP contribution in [-0.4, -0.2) is 62.7 Å². The Morgan fingerprint density at radius 2 is 1.79 bits per heavy atom. The SMILES string of the molecule is COC(=O)c1ccc(OC2CO[C@H]3CN(c4ccnc(C)c4)C[C@@H]3OC2)cc1. The van der Waals surface area contributed by atoms with Crippen LogP contribution in [0.3, 0.4) is 0 Å². The topological polar surface area (TPSA) is 70.1 Å². The van der Waals surface area contributed by atoms with Gasteiger partial charge in [0.15, 0.2) is 0 Å². The zero-order chi connectivity index (χ0) is 19.5. The van der Waals surface area contributed by atoms with Crippen molar-refractivity contribution in [3.63, 3.8) is 0 Å². The Bertz CT molecular complexity index is 810. The first-order valence-corrected chi connectivity index (χ1v) is 9.38. The van der Waals surface area contributed by atoms with Crippen molar-refractivity contribution in [1.82, 2.24) is 4.98 Å². The molecule has 2 aromatic rings. The second-order valence-electron chi connectivity index (χ2n) is 7.06. The predicted molar refractivity (Wildman–Crippen MR) is 103 cm³/mol. The van der Waals surface area contributed by atoms with E-state index < -0.39 is 0 Å². The van der Waals surface area contributed by atoms with Crippen molar-refractivity contribution >= 4 is 11.7 Å². The molecule has 0 N–H and O–H groups in total. The summed E-state index contributed by atoms with van der Waals surface area (Å²) in [6.45, 7) is 4.49. The van der Waals surface area contributed by atoms with Crippen LogP contribution in [0.25, 0.3) is 0 Å². The Morgan fingerprint density at radius 3 is 2.39 bits per heavy atom. The number of nitrogens with zero attached hydrogens (tertiary/aromatic N) is 2. The molecule has 0 spiro atoms. The summed E-state index contributed by atoms with van der Waals surface area (Å²) in [6, 6.07) is 11.0. The van der Waals surface area contributed by atoms with E-state index >= 15 is 0 Å². The monoisotopic (exact) mass is 384 g/mol. The molecule has 4 rings (SSSR count). The fraction of sp³-hybridized carbons (Fsp3) is 0.429. The highest BCUT2D eigenvalue weighted by atomic mass is 16.6. The standard InChI is InChI=1S/C21H24N2O5/c1-14-9-16(7-8-22-14)23-10-19-20(11-23)27-13-18(12-26-19)28-17-5-3-15(4-6-17)21(24)25-2/h3-9,18-20H,10-13H2,1-2H3/t19-,20-/m0/s1. The quantitative estimate of drug-likeness (QED) is 0.749. The molecule has 1 aromatic heterocycles. The van der Waals surface area contributed by atoms with E-state index in [9.17, 15) is 4.79 Å². The fourth-order valence-corrected chi connectivity index (χ4v) is 3.56. The molecular formula is C21H24N2O5. The van der Waals surface area contributed by atoms with Crippen molar-refractivity contribution in [2.75, 3.05) is 38.3 Å². The number of fused-ring (bicyclic) bond motifs is 1. The van der Waals surface area contributed by atoms with E-state index in [4.69, 9.17) is 18.9 Å². The van der Waals surface area contributed by atoms with Crippen LogP contribution in [0.15, 0.2) is 42.6 Å². The zero-order valence-corrected chi connectivity index (χ0v) is 16.0. The highest BCUT2D eigenvalue weighted by molar-refractivity contribution is 5.89. The Labute approximate surface area is 164 Å². The smallest absolute Gasteiger partial charge is 0.337 e. The van der Waals surface area contributed by atoms with Crippen LogP contribution >= 0.6 is 0 Å². The first-order valence-electron chi connectivity index (χ1n) is 9.38. The molecule has 2 aliphatic heterocycles. The summed E-state index contributed by atoms with van der Waals surface area (Å²) in [5.41, 5.74) is 2.63. The molecule has 7 heteroatoms. The van der Waals surface area contributed by atoms with E-state index in [-0.39, 0.29) is 24.3 Å². The Morgan fingerprint density at radius 1 is 1.11 bits per heavy atom. The Kier molecular flexibility index (Phi) is 5.45. The minimum absolute atomic E-state index is 0.0174. The van der Waals surface area contributed by atoms with Crippen LogP contribution in [-0.2, 0) is 14.2 Å². The largest absolute Gasteiger partial charge is 0.486 e. The Balaban J connectivity index is 1.33. The van der Waals surface area contributed by atoms with Crippen LogP contribution in [0, 0.1) is 6.92 Å². The van der Waals surface area contributed by atoms with Crippen molar-refractivity contribution in [2.45, 2.75) is 25.2 Å². The van der Waals surface area contributed by atoms with Gasteiger partial charge in [-0.15, -0.1) is 0 Å². The lowest BCUT2D eigenvalue weighted by Crippen LogP contribution is -2.29. The molecular weight excluding hydrogens is 360 g/mol. The fourth-order valence-electron chi connectivity index (χ4n) is 3.56. The zero-order valence-electron chi connectivity index (χ0n) is 16.0.